The number of aryl methyl sites for hydroxylation is 1. The van der Waals surface area contributed by atoms with Crippen LogP contribution in [0.5, 0.6) is 0 Å². The summed E-state index contributed by atoms with van der Waals surface area (Å²) in [6.07, 6.45) is 5.18. The predicted molar refractivity (Wildman–Crippen MR) is 75.3 cm³/mol. The number of fused-ring (bicyclic) bond motifs is 1. The van der Waals surface area contributed by atoms with Crippen LogP contribution < -0.4 is 10.6 Å². The third-order valence-corrected chi connectivity index (χ3v) is 2.80. The molecular weight excluding hydrogens is 256 g/mol. The average Bonchev–Trinajstić information content (AvgIpc) is 2.94. The third-order valence-electron chi connectivity index (χ3n) is 2.80. The van der Waals surface area contributed by atoms with Gasteiger partial charge in [-0.1, -0.05) is 0 Å². The highest BCUT2D eigenvalue weighted by atomic mass is 15.2. The fraction of sp³-hybridized carbons (Fsp3) is 0.250. The molecule has 0 saturated carbocycles. The van der Waals surface area contributed by atoms with Crippen molar-refractivity contribution in [3.63, 3.8) is 0 Å². The molecule has 0 saturated heterocycles. The average molecular weight is 270 g/mol. The summed E-state index contributed by atoms with van der Waals surface area (Å²) in [6, 6.07) is 0. The van der Waals surface area contributed by atoms with E-state index in [9.17, 15) is 0 Å². The molecule has 3 N–H and O–H groups in total. The van der Waals surface area contributed by atoms with Crippen LogP contribution in [0, 0.1) is 6.92 Å². The van der Waals surface area contributed by atoms with E-state index < -0.39 is 0 Å². The summed E-state index contributed by atoms with van der Waals surface area (Å²) in [7, 11) is 1.77. The number of aromatic nitrogens is 6. The van der Waals surface area contributed by atoms with Crippen LogP contribution in [-0.4, -0.2) is 37.2 Å². The smallest absolute Gasteiger partial charge is 0.226 e. The lowest BCUT2D eigenvalue weighted by molar-refractivity contribution is 0.977. The van der Waals surface area contributed by atoms with Crippen LogP contribution in [0.4, 0.5) is 11.8 Å². The highest BCUT2D eigenvalue weighted by molar-refractivity contribution is 5.86. The molecule has 3 aromatic rings. The first-order valence-corrected chi connectivity index (χ1v) is 6.16. The Labute approximate surface area is 115 Å². The molecule has 0 fully saturated rings. The second kappa shape index (κ2) is 5.08. The largest absolute Gasteiger partial charge is 0.364 e. The van der Waals surface area contributed by atoms with Gasteiger partial charge >= 0.3 is 0 Å². The molecule has 0 aliphatic carbocycles. The van der Waals surface area contributed by atoms with Crippen molar-refractivity contribution < 1.29 is 0 Å². The minimum atomic E-state index is 0.527. The number of H-pyrrole nitrogens is 1. The van der Waals surface area contributed by atoms with Gasteiger partial charge in [0.25, 0.3) is 0 Å². The van der Waals surface area contributed by atoms with Crippen molar-refractivity contribution in [3.8, 4) is 0 Å². The van der Waals surface area contributed by atoms with Crippen molar-refractivity contribution in [2.24, 2.45) is 0 Å². The molecule has 0 spiro atoms. The summed E-state index contributed by atoms with van der Waals surface area (Å²) in [5.74, 6) is 1.23. The molecule has 8 heteroatoms. The molecule has 0 bridgehead atoms. The van der Waals surface area contributed by atoms with Crippen LogP contribution in [-0.2, 0) is 6.54 Å². The summed E-state index contributed by atoms with van der Waals surface area (Å²) in [4.78, 5) is 17.2. The highest BCUT2D eigenvalue weighted by Crippen LogP contribution is 2.20. The van der Waals surface area contributed by atoms with Gasteiger partial charge in [0.15, 0.2) is 5.65 Å². The van der Waals surface area contributed by atoms with Gasteiger partial charge in [-0.3, -0.25) is 15.1 Å². The van der Waals surface area contributed by atoms with Crippen LogP contribution in [0.25, 0.3) is 11.0 Å². The Morgan fingerprint density at radius 2 is 2.05 bits per heavy atom. The summed E-state index contributed by atoms with van der Waals surface area (Å²) in [6.45, 7) is 2.44. The number of hydrogen-bond acceptors (Lipinski definition) is 7. The van der Waals surface area contributed by atoms with Gasteiger partial charge in [-0.2, -0.15) is 15.1 Å². The summed E-state index contributed by atoms with van der Waals surface area (Å²) in [5.41, 5.74) is 2.42. The van der Waals surface area contributed by atoms with E-state index in [1.54, 1.807) is 25.6 Å². The van der Waals surface area contributed by atoms with Gasteiger partial charge in [0, 0.05) is 13.2 Å². The van der Waals surface area contributed by atoms with Gasteiger partial charge in [-0.15, -0.1) is 0 Å². The van der Waals surface area contributed by atoms with Gasteiger partial charge in [-0.05, 0) is 6.92 Å². The molecule has 0 unspecified atom stereocenters. The predicted octanol–water partition coefficient (Wildman–Crippen LogP) is 1.11. The zero-order valence-corrected chi connectivity index (χ0v) is 11.2. The number of anilines is 2. The van der Waals surface area contributed by atoms with Gasteiger partial charge in [0.1, 0.15) is 5.82 Å². The molecule has 3 heterocycles. The Kier molecular flexibility index (Phi) is 3.12. The first kappa shape index (κ1) is 12.3. The number of aromatic amines is 1. The van der Waals surface area contributed by atoms with Crippen molar-refractivity contribution in [2.45, 2.75) is 13.5 Å². The van der Waals surface area contributed by atoms with Crippen molar-refractivity contribution >= 4 is 22.8 Å². The Hall–Kier alpha value is -2.77. The van der Waals surface area contributed by atoms with Gasteiger partial charge < -0.3 is 10.6 Å². The van der Waals surface area contributed by atoms with Crippen molar-refractivity contribution in [1.82, 2.24) is 30.1 Å². The van der Waals surface area contributed by atoms with Gasteiger partial charge in [0.2, 0.25) is 5.95 Å². The standard InChI is InChI=1S/C12H14N8/c1-7-3-15-8(4-14-7)5-16-10-9-6-17-20-11(9)19-12(13-2)18-10/h3-4,6H,5H2,1-2H3,(H3,13,16,17,18,19,20). The summed E-state index contributed by atoms with van der Waals surface area (Å²) < 4.78 is 0. The lowest BCUT2D eigenvalue weighted by Crippen LogP contribution is -2.06. The van der Waals surface area contributed by atoms with Crippen molar-refractivity contribution in [3.05, 3.63) is 30.0 Å². The van der Waals surface area contributed by atoms with E-state index in [-0.39, 0.29) is 0 Å². The molecular formula is C12H14N8. The Morgan fingerprint density at radius 3 is 2.80 bits per heavy atom. The number of rotatable bonds is 4. The van der Waals surface area contributed by atoms with Crippen LogP contribution in [0.2, 0.25) is 0 Å². The van der Waals surface area contributed by atoms with Crippen molar-refractivity contribution in [2.75, 3.05) is 17.7 Å². The molecule has 8 nitrogen and oxygen atoms in total. The molecule has 0 aliphatic heterocycles. The van der Waals surface area contributed by atoms with Crippen molar-refractivity contribution in [1.29, 1.82) is 0 Å². The Morgan fingerprint density at radius 1 is 1.15 bits per heavy atom. The molecule has 0 radical (unpaired) electrons. The maximum Gasteiger partial charge on any atom is 0.226 e. The summed E-state index contributed by atoms with van der Waals surface area (Å²) >= 11 is 0. The normalized spacial score (nSPS) is 10.7. The molecule has 3 aromatic heterocycles. The first-order valence-electron chi connectivity index (χ1n) is 6.16. The maximum atomic E-state index is 4.38. The second-order valence-electron chi connectivity index (χ2n) is 4.28. The second-order valence-corrected chi connectivity index (χ2v) is 4.28. The lowest BCUT2D eigenvalue weighted by Gasteiger charge is -2.07. The monoisotopic (exact) mass is 270 g/mol. The minimum absolute atomic E-state index is 0.527. The minimum Gasteiger partial charge on any atom is -0.364 e. The van der Waals surface area contributed by atoms with E-state index in [1.165, 1.54) is 0 Å². The SMILES string of the molecule is CNc1nc(NCc2cnc(C)cn2)c2cn[nH]c2n1. The van der Waals surface area contributed by atoms with Crippen LogP contribution in [0.3, 0.4) is 0 Å². The highest BCUT2D eigenvalue weighted by Gasteiger charge is 2.08. The zero-order chi connectivity index (χ0) is 13.9. The van der Waals surface area contributed by atoms with E-state index in [0.717, 1.165) is 16.8 Å². The molecule has 0 atom stereocenters. The zero-order valence-electron chi connectivity index (χ0n) is 11.2. The molecule has 3 rings (SSSR count). The van der Waals surface area contributed by atoms with Crippen LogP contribution in [0.1, 0.15) is 11.4 Å². The van der Waals surface area contributed by atoms with Gasteiger partial charge in [0.05, 0.1) is 35.7 Å². The quantitative estimate of drug-likeness (QED) is 0.652. The molecule has 0 aliphatic rings. The Bertz CT molecular complexity index is 718. The van der Waals surface area contributed by atoms with E-state index in [0.29, 0.717) is 24.0 Å². The van der Waals surface area contributed by atoms with Gasteiger partial charge in [-0.25, -0.2) is 0 Å². The third kappa shape index (κ3) is 2.35. The fourth-order valence-corrected chi connectivity index (χ4v) is 1.77. The summed E-state index contributed by atoms with van der Waals surface area (Å²) in [5, 5.41) is 13.8. The molecule has 102 valence electrons. The first-order chi connectivity index (χ1) is 9.76. The molecule has 0 amide bonds. The Balaban J connectivity index is 1.86. The maximum absolute atomic E-state index is 4.38. The van der Waals surface area contributed by atoms with E-state index in [2.05, 4.69) is 40.8 Å². The fourth-order valence-electron chi connectivity index (χ4n) is 1.77. The number of hydrogen-bond donors (Lipinski definition) is 3. The van der Waals surface area contributed by atoms with E-state index in [4.69, 9.17) is 0 Å². The van der Waals surface area contributed by atoms with E-state index >= 15 is 0 Å². The lowest BCUT2D eigenvalue weighted by atomic mass is 10.3. The molecule has 20 heavy (non-hydrogen) atoms. The number of nitrogens with zero attached hydrogens (tertiary/aromatic N) is 5. The number of nitrogens with one attached hydrogen (secondary N) is 3. The van der Waals surface area contributed by atoms with E-state index in [1.807, 2.05) is 6.92 Å². The van der Waals surface area contributed by atoms with Crippen LogP contribution >= 0.6 is 0 Å². The van der Waals surface area contributed by atoms with Crippen LogP contribution in [0.15, 0.2) is 18.6 Å². The molecule has 0 aromatic carbocycles. The topological polar surface area (TPSA) is 104 Å².